The quantitative estimate of drug-likeness (QED) is 0.861. The highest BCUT2D eigenvalue weighted by atomic mass is 19.4. The van der Waals surface area contributed by atoms with Crippen LogP contribution in [0, 0.1) is 18.8 Å². The SMILES string of the molecule is Cc1cc(N2C[C@H]3CC(O)C[C@H]3C2)c2cc(C(F)(F)F)ccc2n1. The summed E-state index contributed by atoms with van der Waals surface area (Å²) in [5, 5.41) is 10.3. The summed E-state index contributed by atoms with van der Waals surface area (Å²) in [6, 6.07) is 5.63. The number of pyridine rings is 1. The lowest BCUT2D eigenvalue weighted by Gasteiger charge is -2.23. The zero-order chi connectivity index (χ0) is 17.1. The van der Waals surface area contributed by atoms with Gasteiger partial charge in [0.25, 0.3) is 0 Å². The molecule has 3 nitrogen and oxygen atoms in total. The fourth-order valence-corrected chi connectivity index (χ4v) is 4.24. The van der Waals surface area contributed by atoms with Crippen LogP contribution in [-0.2, 0) is 6.18 Å². The highest BCUT2D eigenvalue weighted by Crippen LogP contribution is 2.42. The first-order valence-corrected chi connectivity index (χ1v) is 8.23. The summed E-state index contributed by atoms with van der Waals surface area (Å²) in [6.45, 7) is 3.44. The van der Waals surface area contributed by atoms with Crippen molar-refractivity contribution in [2.45, 2.75) is 32.0 Å². The molecule has 2 fully saturated rings. The Balaban J connectivity index is 1.77. The molecule has 0 spiro atoms. The van der Waals surface area contributed by atoms with Crippen molar-refractivity contribution >= 4 is 16.6 Å². The van der Waals surface area contributed by atoms with Crippen molar-refractivity contribution in [1.29, 1.82) is 0 Å². The molecule has 128 valence electrons. The Kier molecular flexibility index (Phi) is 3.49. The number of aliphatic hydroxyl groups is 1. The Morgan fingerprint density at radius 3 is 2.42 bits per heavy atom. The van der Waals surface area contributed by atoms with Crippen LogP contribution in [0.25, 0.3) is 10.9 Å². The van der Waals surface area contributed by atoms with E-state index in [1.54, 1.807) is 0 Å². The number of aromatic nitrogens is 1. The molecule has 1 unspecified atom stereocenters. The first-order chi connectivity index (χ1) is 11.3. The molecule has 2 aromatic rings. The molecule has 4 rings (SSSR count). The van der Waals surface area contributed by atoms with Gasteiger partial charge in [0.05, 0.1) is 17.2 Å². The number of alkyl halides is 3. The summed E-state index contributed by atoms with van der Waals surface area (Å²) in [6.07, 6.45) is -3.01. The van der Waals surface area contributed by atoms with Gasteiger partial charge in [-0.1, -0.05) is 0 Å². The molecule has 0 amide bonds. The molecule has 0 bridgehead atoms. The smallest absolute Gasteiger partial charge is 0.393 e. The zero-order valence-corrected chi connectivity index (χ0v) is 13.3. The molecule has 1 aliphatic heterocycles. The molecule has 6 heteroatoms. The maximum absolute atomic E-state index is 13.1. The van der Waals surface area contributed by atoms with Crippen LogP contribution in [0.2, 0.25) is 0 Å². The summed E-state index contributed by atoms with van der Waals surface area (Å²) >= 11 is 0. The lowest BCUT2D eigenvalue weighted by atomic mass is 10.0. The molecular formula is C18H19F3N2O. The molecule has 1 saturated heterocycles. The molecule has 2 heterocycles. The normalized spacial score (nSPS) is 27.0. The molecule has 1 aromatic heterocycles. The van der Waals surface area contributed by atoms with Crippen LogP contribution in [0.1, 0.15) is 24.1 Å². The Labute approximate surface area is 138 Å². The van der Waals surface area contributed by atoms with Crippen molar-refractivity contribution in [2.75, 3.05) is 18.0 Å². The second-order valence-corrected chi connectivity index (χ2v) is 7.06. The van der Waals surface area contributed by atoms with E-state index in [0.29, 0.717) is 22.7 Å². The number of fused-ring (bicyclic) bond motifs is 2. The molecule has 3 atom stereocenters. The lowest BCUT2D eigenvalue weighted by molar-refractivity contribution is -0.137. The Morgan fingerprint density at radius 1 is 1.12 bits per heavy atom. The first kappa shape index (κ1) is 15.7. The third kappa shape index (κ3) is 2.62. The van der Waals surface area contributed by atoms with E-state index >= 15 is 0 Å². The molecular weight excluding hydrogens is 317 g/mol. The number of hydrogen-bond donors (Lipinski definition) is 1. The van der Waals surface area contributed by atoms with Gasteiger partial charge in [-0.15, -0.1) is 0 Å². The number of benzene rings is 1. The maximum atomic E-state index is 13.1. The van der Waals surface area contributed by atoms with Crippen molar-refractivity contribution < 1.29 is 18.3 Å². The zero-order valence-electron chi connectivity index (χ0n) is 13.3. The van der Waals surface area contributed by atoms with Crippen LogP contribution in [0.3, 0.4) is 0 Å². The van der Waals surface area contributed by atoms with Gasteiger partial charge in [-0.25, -0.2) is 0 Å². The van der Waals surface area contributed by atoms with E-state index in [0.717, 1.165) is 43.4 Å². The summed E-state index contributed by atoms with van der Waals surface area (Å²) in [7, 11) is 0. The summed E-state index contributed by atoms with van der Waals surface area (Å²) in [4.78, 5) is 6.55. The van der Waals surface area contributed by atoms with Gasteiger partial charge >= 0.3 is 6.18 Å². The van der Waals surface area contributed by atoms with Crippen LogP contribution in [0.4, 0.5) is 18.9 Å². The van der Waals surface area contributed by atoms with Crippen LogP contribution in [0.5, 0.6) is 0 Å². The summed E-state index contributed by atoms with van der Waals surface area (Å²) in [5.74, 6) is 0.851. The molecule has 1 aliphatic carbocycles. The minimum absolute atomic E-state index is 0.227. The van der Waals surface area contributed by atoms with Gasteiger partial charge in [-0.3, -0.25) is 4.98 Å². The number of rotatable bonds is 1. The minimum Gasteiger partial charge on any atom is -0.393 e. The van der Waals surface area contributed by atoms with Gasteiger partial charge in [0.2, 0.25) is 0 Å². The standard InChI is InChI=1S/C18H19F3N2O/c1-10-4-17(23-8-11-5-14(24)6-12(11)9-23)15-7-13(18(19,20)21)2-3-16(15)22-10/h2-4,7,11-12,14,24H,5-6,8-9H2,1H3/t11-,12+,14?. The largest absolute Gasteiger partial charge is 0.416 e. The van der Waals surface area contributed by atoms with Gasteiger partial charge in [-0.2, -0.15) is 13.2 Å². The van der Waals surface area contributed by atoms with E-state index < -0.39 is 11.7 Å². The number of nitrogens with zero attached hydrogens (tertiary/aromatic N) is 2. The monoisotopic (exact) mass is 336 g/mol. The third-order valence-electron chi connectivity index (χ3n) is 5.31. The van der Waals surface area contributed by atoms with Crippen LogP contribution in [-0.4, -0.2) is 29.3 Å². The van der Waals surface area contributed by atoms with Crippen molar-refractivity contribution in [3.05, 3.63) is 35.5 Å². The van der Waals surface area contributed by atoms with E-state index in [9.17, 15) is 18.3 Å². The predicted octanol–water partition coefficient (Wildman–Crippen LogP) is 3.77. The van der Waals surface area contributed by atoms with Crippen molar-refractivity contribution in [2.24, 2.45) is 11.8 Å². The van der Waals surface area contributed by atoms with E-state index in [-0.39, 0.29) is 6.10 Å². The van der Waals surface area contributed by atoms with Gasteiger partial charge < -0.3 is 10.0 Å². The molecule has 0 radical (unpaired) electrons. The minimum atomic E-state index is -4.36. The van der Waals surface area contributed by atoms with Crippen LogP contribution < -0.4 is 4.90 Å². The second-order valence-electron chi connectivity index (χ2n) is 7.06. The van der Waals surface area contributed by atoms with Crippen LogP contribution in [0.15, 0.2) is 24.3 Å². The second kappa shape index (κ2) is 5.34. The number of anilines is 1. The first-order valence-electron chi connectivity index (χ1n) is 8.23. The van der Waals surface area contributed by atoms with Gasteiger partial charge in [0, 0.05) is 29.9 Å². The molecule has 1 saturated carbocycles. The summed E-state index contributed by atoms with van der Waals surface area (Å²) in [5.41, 5.74) is 1.58. The van der Waals surface area contributed by atoms with E-state index in [4.69, 9.17) is 0 Å². The lowest BCUT2D eigenvalue weighted by Crippen LogP contribution is -2.23. The van der Waals surface area contributed by atoms with E-state index in [1.807, 2.05) is 13.0 Å². The van der Waals surface area contributed by atoms with Crippen molar-refractivity contribution in [3.8, 4) is 0 Å². The topological polar surface area (TPSA) is 36.4 Å². The number of hydrogen-bond acceptors (Lipinski definition) is 3. The third-order valence-corrected chi connectivity index (χ3v) is 5.31. The van der Waals surface area contributed by atoms with Gasteiger partial charge in [0.1, 0.15) is 0 Å². The Hall–Kier alpha value is -1.82. The highest BCUT2D eigenvalue weighted by Gasteiger charge is 2.40. The fraction of sp³-hybridized carbons (Fsp3) is 0.500. The maximum Gasteiger partial charge on any atom is 0.416 e. The number of aliphatic hydroxyl groups excluding tert-OH is 1. The van der Waals surface area contributed by atoms with E-state index in [1.165, 1.54) is 12.1 Å². The Bertz CT molecular complexity index is 776. The highest BCUT2D eigenvalue weighted by molar-refractivity contribution is 5.92. The molecule has 1 N–H and O–H groups in total. The van der Waals surface area contributed by atoms with Gasteiger partial charge in [-0.05, 0) is 55.9 Å². The number of halogens is 3. The number of aryl methyl sites for hydroxylation is 1. The molecule has 1 aromatic carbocycles. The molecule has 24 heavy (non-hydrogen) atoms. The average Bonchev–Trinajstić information content (AvgIpc) is 3.02. The molecule has 2 aliphatic rings. The fourth-order valence-electron chi connectivity index (χ4n) is 4.24. The Morgan fingerprint density at radius 2 is 1.79 bits per heavy atom. The summed E-state index contributed by atoms with van der Waals surface area (Å²) < 4.78 is 39.2. The van der Waals surface area contributed by atoms with Crippen molar-refractivity contribution in [1.82, 2.24) is 4.98 Å². The van der Waals surface area contributed by atoms with Gasteiger partial charge in [0.15, 0.2) is 0 Å². The van der Waals surface area contributed by atoms with Crippen molar-refractivity contribution in [3.63, 3.8) is 0 Å². The average molecular weight is 336 g/mol. The predicted molar refractivity (Wildman–Crippen MR) is 85.9 cm³/mol. The van der Waals surface area contributed by atoms with Crippen LogP contribution >= 0.6 is 0 Å². The van der Waals surface area contributed by atoms with E-state index in [2.05, 4.69) is 9.88 Å².